The predicted molar refractivity (Wildman–Crippen MR) is 48.7 cm³/mol. The van der Waals surface area contributed by atoms with E-state index in [1.807, 2.05) is 19.9 Å². The summed E-state index contributed by atoms with van der Waals surface area (Å²) in [7, 11) is 0. The Morgan fingerprint density at radius 2 is 2.25 bits per heavy atom. The van der Waals surface area contributed by atoms with Crippen molar-refractivity contribution in [1.29, 1.82) is 0 Å². The van der Waals surface area contributed by atoms with E-state index in [0.29, 0.717) is 6.42 Å². The van der Waals surface area contributed by atoms with E-state index in [1.165, 1.54) is 5.57 Å². The van der Waals surface area contributed by atoms with Gasteiger partial charge < -0.3 is 9.84 Å². The van der Waals surface area contributed by atoms with Crippen molar-refractivity contribution < 1.29 is 9.84 Å². The van der Waals surface area contributed by atoms with Gasteiger partial charge in [0.05, 0.1) is 6.10 Å². The number of aliphatic hydroxyl groups is 1. The first-order chi connectivity index (χ1) is 5.58. The fourth-order valence-corrected chi connectivity index (χ4v) is 1.38. The SMILES string of the molecule is C=C1CC(O)OC(C=C(C)C)C1. The second kappa shape index (κ2) is 3.87. The zero-order chi connectivity index (χ0) is 9.14. The summed E-state index contributed by atoms with van der Waals surface area (Å²) in [5.74, 6) is 0. The molecule has 1 rings (SSSR count). The van der Waals surface area contributed by atoms with Gasteiger partial charge in [-0.3, -0.25) is 0 Å². The standard InChI is InChI=1S/C10H16O2/c1-7(2)4-9-5-8(3)6-10(11)12-9/h4,9-11H,3,5-6H2,1-2H3. The van der Waals surface area contributed by atoms with Crippen LogP contribution >= 0.6 is 0 Å². The van der Waals surface area contributed by atoms with Gasteiger partial charge in [0.25, 0.3) is 0 Å². The molecular formula is C10H16O2. The number of ether oxygens (including phenoxy) is 1. The van der Waals surface area contributed by atoms with Crippen molar-refractivity contribution in [2.24, 2.45) is 0 Å². The van der Waals surface area contributed by atoms with Crippen LogP contribution in [0.25, 0.3) is 0 Å². The Balaban J connectivity index is 2.55. The molecule has 0 aromatic carbocycles. The van der Waals surface area contributed by atoms with Crippen molar-refractivity contribution >= 4 is 0 Å². The summed E-state index contributed by atoms with van der Waals surface area (Å²) in [4.78, 5) is 0. The third kappa shape index (κ3) is 2.80. The van der Waals surface area contributed by atoms with Crippen LogP contribution < -0.4 is 0 Å². The quantitative estimate of drug-likeness (QED) is 0.607. The second-order valence-corrected chi connectivity index (χ2v) is 3.53. The predicted octanol–water partition coefficient (Wildman–Crippen LogP) is 2.01. The lowest BCUT2D eigenvalue weighted by Crippen LogP contribution is -2.27. The normalized spacial score (nSPS) is 30.1. The minimum atomic E-state index is -0.660. The van der Waals surface area contributed by atoms with Crippen LogP contribution in [0.1, 0.15) is 26.7 Å². The molecular weight excluding hydrogens is 152 g/mol. The van der Waals surface area contributed by atoms with E-state index in [-0.39, 0.29) is 6.10 Å². The lowest BCUT2D eigenvalue weighted by molar-refractivity contribution is -0.134. The Labute approximate surface area is 73.5 Å². The first kappa shape index (κ1) is 9.49. The van der Waals surface area contributed by atoms with Crippen LogP contribution in [0.3, 0.4) is 0 Å². The van der Waals surface area contributed by atoms with Gasteiger partial charge in [0.15, 0.2) is 6.29 Å². The molecule has 0 bridgehead atoms. The highest BCUT2D eigenvalue weighted by atomic mass is 16.6. The molecule has 2 unspecified atom stereocenters. The van der Waals surface area contributed by atoms with Crippen LogP contribution in [-0.4, -0.2) is 17.5 Å². The number of allylic oxidation sites excluding steroid dienone is 1. The van der Waals surface area contributed by atoms with Crippen molar-refractivity contribution in [2.75, 3.05) is 0 Å². The van der Waals surface area contributed by atoms with Gasteiger partial charge in [0.1, 0.15) is 0 Å². The van der Waals surface area contributed by atoms with Gasteiger partial charge in [-0.1, -0.05) is 23.8 Å². The van der Waals surface area contributed by atoms with E-state index in [9.17, 15) is 5.11 Å². The van der Waals surface area contributed by atoms with Crippen LogP contribution in [-0.2, 0) is 4.74 Å². The molecule has 2 atom stereocenters. The molecule has 12 heavy (non-hydrogen) atoms. The summed E-state index contributed by atoms with van der Waals surface area (Å²) < 4.78 is 5.29. The van der Waals surface area contributed by atoms with E-state index in [2.05, 4.69) is 6.58 Å². The summed E-state index contributed by atoms with van der Waals surface area (Å²) in [6.45, 7) is 7.89. The van der Waals surface area contributed by atoms with E-state index in [4.69, 9.17) is 4.74 Å². The fourth-order valence-electron chi connectivity index (χ4n) is 1.38. The molecule has 1 fully saturated rings. The topological polar surface area (TPSA) is 29.5 Å². The molecule has 68 valence electrons. The molecule has 0 amide bonds. The maximum absolute atomic E-state index is 9.25. The maximum Gasteiger partial charge on any atom is 0.159 e. The molecule has 1 saturated heterocycles. The minimum Gasteiger partial charge on any atom is -0.368 e. The van der Waals surface area contributed by atoms with Gasteiger partial charge >= 0.3 is 0 Å². The van der Waals surface area contributed by atoms with Crippen molar-refractivity contribution in [3.8, 4) is 0 Å². The average Bonchev–Trinajstić information content (AvgIpc) is 1.81. The van der Waals surface area contributed by atoms with Gasteiger partial charge in [-0.15, -0.1) is 0 Å². The zero-order valence-corrected chi connectivity index (χ0v) is 7.71. The van der Waals surface area contributed by atoms with Crippen molar-refractivity contribution in [3.05, 3.63) is 23.8 Å². The van der Waals surface area contributed by atoms with E-state index in [0.717, 1.165) is 12.0 Å². The summed E-state index contributed by atoms with van der Waals surface area (Å²) in [6.07, 6.45) is 2.79. The molecule has 0 saturated carbocycles. The third-order valence-electron chi connectivity index (χ3n) is 1.80. The minimum absolute atomic E-state index is 0.0197. The van der Waals surface area contributed by atoms with Crippen molar-refractivity contribution in [3.63, 3.8) is 0 Å². The molecule has 0 aromatic heterocycles. The molecule has 1 heterocycles. The fraction of sp³-hybridized carbons (Fsp3) is 0.600. The molecule has 1 aliphatic heterocycles. The lowest BCUT2D eigenvalue weighted by atomic mass is 10.0. The largest absolute Gasteiger partial charge is 0.368 e. The number of aliphatic hydroxyl groups excluding tert-OH is 1. The average molecular weight is 168 g/mol. The first-order valence-electron chi connectivity index (χ1n) is 4.23. The Morgan fingerprint density at radius 1 is 1.58 bits per heavy atom. The van der Waals surface area contributed by atoms with Crippen LogP contribution in [0.15, 0.2) is 23.8 Å². The number of hydrogen-bond acceptors (Lipinski definition) is 2. The summed E-state index contributed by atoms with van der Waals surface area (Å²) in [5, 5.41) is 9.25. The molecule has 0 radical (unpaired) electrons. The molecule has 0 aromatic rings. The van der Waals surface area contributed by atoms with Crippen LogP contribution in [0.5, 0.6) is 0 Å². The maximum atomic E-state index is 9.25. The number of hydrogen-bond donors (Lipinski definition) is 1. The monoisotopic (exact) mass is 168 g/mol. The number of rotatable bonds is 1. The van der Waals surface area contributed by atoms with Crippen LogP contribution in [0.4, 0.5) is 0 Å². The molecule has 0 aliphatic carbocycles. The summed E-state index contributed by atoms with van der Waals surface area (Å²) in [6, 6.07) is 0. The molecule has 2 heteroatoms. The van der Waals surface area contributed by atoms with Gasteiger partial charge in [-0.05, 0) is 20.3 Å². The Morgan fingerprint density at radius 3 is 2.75 bits per heavy atom. The second-order valence-electron chi connectivity index (χ2n) is 3.53. The third-order valence-corrected chi connectivity index (χ3v) is 1.80. The zero-order valence-electron chi connectivity index (χ0n) is 7.71. The van der Waals surface area contributed by atoms with Gasteiger partial charge in [0, 0.05) is 6.42 Å². The smallest absolute Gasteiger partial charge is 0.159 e. The van der Waals surface area contributed by atoms with E-state index < -0.39 is 6.29 Å². The van der Waals surface area contributed by atoms with Gasteiger partial charge in [-0.25, -0.2) is 0 Å². The Kier molecular flexibility index (Phi) is 3.06. The van der Waals surface area contributed by atoms with Crippen LogP contribution in [0, 0.1) is 0 Å². The molecule has 2 nitrogen and oxygen atoms in total. The highest BCUT2D eigenvalue weighted by Gasteiger charge is 2.20. The van der Waals surface area contributed by atoms with E-state index in [1.54, 1.807) is 0 Å². The lowest BCUT2D eigenvalue weighted by Gasteiger charge is -2.26. The Hall–Kier alpha value is -0.600. The Bertz CT molecular complexity index is 202. The summed E-state index contributed by atoms with van der Waals surface area (Å²) in [5.41, 5.74) is 2.28. The highest BCUT2D eigenvalue weighted by molar-refractivity contribution is 5.08. The van der Waals surface area contributed by atoms with E-state index >= 15 is 0 Å². The van der Waals surface area contributed by atoms with Crippen molar-refractivity contribution in [1.82, 2.24) is 0 Å². The first-order valence-corrected chi connectivity index (χ1v) is 4.23. The molecule has 1 N–H and O–H groups in total. The molecule has 1 aliphatic rings. The summed E-state index contributed by atoms with van der Waals surface area (Å²) >= 11 is 0. The van der Waals surface area contributed by atoms with Crippen molar-refractivity contribution in [2.45, 2.75) is 39.1 Å². The van der Waals surface area contributed by atoms with Gasteiger partial charge in [0.2, 0.25) is 0 Å². The highest BCUT2D eigenvalue weighted by Crippen LogP contribution is 2.22. The van der Waals surface area contributed by atoms with Gasteiger partial charge in [-0.2, -0.15) is 0 Å². The van der Waals surface area contributed by atoms with Crippen LogP contribution in [0.2, 0.25) is 0 Å². The molecule has 0 spiro atoms.